The Kier molecular flexibility index (Phi) is 7.43. The van der Waals surface area contributed by atoms with Gasteiger partial charge in [-0.05, 0) is 80.7 Å². The van der Waals surface area contributed by atoms with Crippen molar-refractivity contribution in [2.24, 2.45) is 5.92 Å². The highest BCUT2D eigenvalue weighted by molar-refractivity contribution is 8.00. The minimum atomic E-state index is -4.51. The van der Waals surface area contributed by atoms with Gasteiger partial charge in [0, 0.05) is 24.2 Å². The molecule has 2 atom stereocenters. The molecule has 4 heterocycles. The number of thioether (sulfide) groups is 1. The fourth-order valence-electron chi connectivity index (χ4n) is 6.04. The second-order valence-electron chi connectivity index (χ2n) is 11.9. The van der Waals surface area contributed by atoms with Crippen LogP contribution in [-0.4, -0.2) is 94.0 Å². The number of amides is 1. The minimum absolute atomic E-state index is 0.0395. The maximum atomic E-state index is 13.6. The second-order valence-corrected chi connectivity index (χ2v) is 12.9. The number of fused-ring (bicyclic) bond motifs is 2. The van der Waals surface area contributed by atoms with Crippen LogP contribution >= 0.6 is 11.8 Å². The van der Waals surface area contributed by atoms with Gasteiger partial charge in [0.1, 0.15) is 17.3 Å². The third-order valence-corrected chi connectivity index (χ3v) is 9.12. The number of β-amino-alcohol motifs (C(OH)–C–C–N with tert-alkyl or cyclic N) is 1. The molecular weight excluding hydrogens is 581 g/mol. The predicted molar refractivity (Wildman–Crippen MR) is 159 cm³/mol. The largest absolute Gasteiger partial charge is 0.495 e. The van der Waals surface area contributed by atoms with E-state index < -0.39 is 11.1 Å². The summed E-state index contributed by atoms with van der Waals surface area (Å²) in [7, 11) is 3.58. The van der Waals surface area contributed by atoms with E-state index in [0.29, 0.717) is 34.3 Å². The number of likely N-dealkylation sites (tertiary alicyclic amines) is 2. The van der Waals surface area contributed by atoms with Crippen molar-refractivity contribution in [1.29, 1.82) is 0 Å². The molecule has 2 aromatic heterocycles. The first-order valence-electron chi connectivity index (χ1n) is 14.0. The summed E-state index contributed by atoms with van der Waals surface area (Å²) in [4.78, 5) is 16.5. The van der Waals surface area contributed by atoms with Gasteiger partial charge in [0.05, 0.1) is 48.4 Å². The molecular formula is C30H33F3N6O3S. The van der Waals surface area contributed by atoms with Crippen LogP contribution in [0.2, 0.25) is 0 Å². The first-order valence-corrected chi connectivity index (χ1v) is 14.8. The zero-order valence-corrected chi connectivity index (χ0v) is 24.9. The number of rotatable bonds is 7. The highest BCUT2D eigenvalue weighted by Crippen LogP contribution is 2.51. The van der Waals surface area contributed by atoms with Gasteiger partial charge >= 0.3 is 5.51 Å². The van der Waals surface area contributed by atoms with Crippen LogP contribution in [0.4, 0.5) is 24.7 Å². The molecule has 9 nitrogen and oxygen atoms in total. The molecule has 0 bridgehead atoms. The number of aliphatic hydroxyl groups is 1. The quantitative estimate of drug-likeness (QED) is 0.270. The molecule has 3 aliphatic rings. The zero-order valence-electron chi connectivity index (χ0n) is 24.1. The standard InChI is InChI=1S/C30H33F3N6O3S/c1-28(41)17-38(18-28)27(40)19-9-10-21(24(14-19)42-3)34-12-5-6-22-26(43-30(31,32)33)23-7-4-8-25(39(23)36-22)35-29-11-13-37(2)16-20(29)15-29/h4,7-10,14,20,34-35,41H,11-13,15-18H2,1-3H3. The monoisotopic (exact) mass is 614 g/mol. The Morgan fingerprint density at radius 2 is 2.07 bits per heavy atom. The number of carbonyl (C=O) groups is 1. The van der Waals surface area contributed by atoms with E-state index >= 15 is 0 Å². The topological polar surface area (TPSA) is 94.4 Å². The number of halogens is 3. The first-order chi connectivity index (χ1) is 20.4. The van der Waals surface area contributed by atoms with Gasteiger partial charge in [-0.2, -0.15) is 18.3 Å². The Hall–Kier alpha value is -3.60. The number of carbonyl (C=O) groups excluding carboxylic acids is 1. The number of hydrogen-bond acceptors (Lipinski definition) is 8. The molecule has 1 aliphatic carbocycles. The summed E-state index contributed by atoms with van der Waals surface area (Å²) >= 11 is -0.211. The molecule has 3 fully saturated rings. The minimum Gasteiger partial charge on any atom is -0.495 e. The van der Waals surface area contributed by atoms with Crippen molar-refractivity contribution >= 4 is 34.7 Å². The Bertz CT molecular complexity index is 1620. The van der Waals surface area contributed by atoms with Gasteiger partial charge in [0.25, 0.3) is 5.91 Å². The average molecular weight is 615 g/mol. The van der Waals surface area contributed by atoms with E-state index in [4.69, 9.17) is 4.74 Å². The fraction of sp³-hybridized carbons (Fsp3) is 0.467. The molecule has 1 amide bonds. The van der Waals surface area contributed by atoms with Gasteiger partial charge in [-0.15, -0.1) is 0 Å². The van der Waals surface area contributed by atoms with Gasteiger partial charge in [0.15, 0.2) is 0 Å². The van der Waals surface area contributed by atoms with Crippen molar-refractivity contribution < 1.29 is 27.8 Å². The lowest BCUT2D eigenvalue weighted by Crippen LogP contribution is -2.61. The number of alkyl halides is 3. The number of anilines is 2. The summed E-state index contributed by atoms with van der Waals surface area (Å²) in [5.41, 5.74) is -4.04. The van der Waals surface area contributed by atoms with E-state index in [2.05, 4.69) is 39.5 Å². The highest BCUT2D eigenvalue weighted by atomic mass is 32.2. The summed E-state index contributed by atoms with van der Waals surface area (Å²) in [6.07, 6.45) is 1.99. The Labute approximate surface area is 251 Å². The van der Waals surface area contributed by atoms with Gasteiger partial charge in [-0.3, -0.25) is 4.79 Å². The summed E-state index contributed by atoms with van der Waals surface area (Å²) < 4.78 is 47.8. The van der Waals surface area contributed by atoms with Crippen molar-refractivity contribution in [2.45, 2.75) is 41.3 Å². The maximum absolute atomic E-state index is 13.6. The molecule has 43 heavy (non-hydrogen) atoms. The number of nitrogens with one attached hydrogen (secondary N) is 2. The molecule has 2 saturated heterocycles. The lowest BCUT2D eigenvalue weighted by atomic mass is 9.96. The van der Waals surface area contributed by atoms with Gasteiger partial charge in [-0.1, -0.05) is 12.0 Å². The molecule has 1 aromatic carbocycles. The summed E-state index contributed by atoms with van der Waals surface area (Å²) in [5, 5.41) is 21.2. The molecule has 6 rings (SSSR count). The van der Waals surface area contributed by atoms with Gasteiger partial charge in [-0.25, -0.2) is 4.52 Å². The van der Waals surface area contributed by atoms with Crippen LogP contribution in [0.25, 0.3) is 5.52 Å². The molecule has 13 heteroatoms. The summed E-state index contributed by atoms with van der Waals surface area (Å²) in [6.45, 7) is 4.26. The van der Waals surface area contributed by atoms with Gasteiger partial charge < -0.3 is 30.3 Å². The molecule has 1 saturated carbocycles. The van der Waals surface area contributed by atoms with E-state index in [-0.39, 0.29) is 53.4 Å². The third-order valence-electron chi connectivity index (χ3n) is 8.28. The van der Waals surface area contributed by atoms with E-state index in [1.165, 1.54) is 11.6 Å². The third kappa shape index (κ3) is 6.09. The van der Waals surface area contributed by atoms with E-state index in [0.717, 1.165) is 25.9 Å². The Morgan fingerprint density at radius 1 is 1.28 bits per heavy atom. The SMILES string of the molecule is COc1cc(C(=O)N2CC(C)(O)C2)ccc1NCC#Cc1nn2c(NC34CCN(C)CC3C4)cccc2c1SC(F)(F)F. The zero-order chi connectivity index (χ0) is 30.6. The van der Waals surface area contributed by atoms with Crippen LogP contribution in [0.3, 0.4) is 0 Å². The number of pyridine rings is 1. The lowest BCUT2D eigenvalue weighted by molar-refractivity contribution is -0.0668. The fourth-order valence-corrected chi connectivity index (χ4v) is 6.71. The number of aromatic nitrogens is 2. The summed E-state index contributed by atoms with van der Waals surface area (Å²) in [6, 6.07) is 10.2. The van der Waals surface area contributed by atoms with E-state index in [1.54, 1.807) is 42.2 Å². The van der Waals surface area contributed by atoms with Crippen molar-refractivity contribution in [3.8, 4) is 17.6 Å². The van der Waals surface area contributed by atoms with Gasteiger partial charge in [0.2, 0.25) is 0 Å². The van der Waals surface area contributed by atoms with Crippen LogP contribution < -0.4 is 15.4 Å². The smallest absolute Gasteiger partial charge is 0.446 e. The molecule has 2 aliphatic heterocycles. The lowest BCUT2D eigenvalue weighted by Gasteiger charge is -2.44. The second kappa shape index (κ2) is 10.8. The Morgan fingerprint density at radius 3 is 2.77 bits per heavy atom. The number of hydrogen-bond donors (Lipinski definition) is 3. The molecule has 3 N–H and O–H groups in total. The number of methoxy groups -OCH3 is 1. The van der Waals surface area contributed by atoms with Crippen LogP contribution in [0.15, 0.2) is 41.3 Å². The summed E-state index contributed by atoms with van der Waals surface area (Å²) in [5.74, 6) is 7.09. The number of piperidine rings is 1. The van der Waals surface area contributed by atoms with Crippen molar-refractivity contribution in [3.63, 3.8) is 0 Å². The number of nitrogens with zero attached hydrogens (tertiary/aromatic N) is 4. The first kappa shape index (κ1) is 29.5. The number of benzene rings is 1. The maximum Gasteiger partial charge on any atom is 0.446 e. The molecule has 0 spiro atoms. The average Bonchev–Trinajstić information content (AvgIpc) is 3.53. The Balaban J connectivity index is 1.20. The molecule has 228 valence electrons. The van der Waals surface area contributed by atoms with Crippen LogP contribution in [0.1, 0.15) is 35.8 Å². The molecule has 2 unspecified atom stereocenters. The number of ether oxygens (including phenoxy) is 1. The van der Waals surface area contributed by atoms with E-state index in [9.17, 15) is 23.1 Å². The van der Waals surface area contributed by atoms with Crippen LogP contribution in [0, 0.1) is 17.8 Å². The van der Waals surface area contributed by atoms with E-state index in [1.807, 2.05) is 6.07 Å². The molecule has 3 aromatic rings. The van der Waals surface area contributed by atoms with Crippen molar-refractivity contribution in [3.05, 3.63) is 47.7 Å². The predicted octanol–water partition coefficient (Wildman–Crippen LogP) is 4.13. The van der Waals surface area contributed by atoms with Crippen molar-refractivity contribution in [1.82, 2.24) is 19.4 Å². The highest BCUT2D eigenvalue weighted by Gasteiger charge is 2.56. The normalized spacial score (nSPS) is 22.7. The van der Waals surface area contributed by atoms with Crippen LogP contribution in [-0.2, 0) is 0 Å². The van der Waals surface area contributed by atoms with Crippen molar-refractivity contribution in [2.75, 3.05) is 57.5 Å². The molecule has 0 radical (unpaired) electrons. The van der Waals surface area contributed by atoms with Crippen LogP contribution in [0.5, 0.6) is 5.75 Å².